The lowest BCUT2D eigenvalue weighted by atomic mass is 9.97. The summed E-state index contributed by atoms with van der Waals surface area (Å²) in [7, 11) is 0. The molecule has 0 radical (unpaired) electrons. The number of ketones is 4. The van der Waals surface area contributed by atoms with Crippen LogP contribution in [0.1, 0.15) is 134 Å². The molecule has 0 heterocycles. The first-order chi connectivity index (χ1) is 62.8. The van der Waals surface area contributed by atoms with Crippen molar-refractivity contribution in [1.82, 2.24) is 21.3 Å². The molecule has 0 saturated heterocycles. The molecule has 0 aliphatic carbocycles. The fourth-order valence-electron chi connectivity index (χ4n) is 13.7. The van der Waals surface area contributed by atoms with Crippen LogP contribution >= 0.6 is 46.4 Å². The number of aryl methyl sites for hydroxylation is 3. The molecule has 0 aromatic heterocycles. The SMILES string of the molecule is NC(CCl)=NCCC[C@H](NC(=O)c1ccc(-c2ccccc2)cc1)C(=O)CCc1ccccc1.NC(CCl)=NCCC[C@H](NC(=O)c1cccc(-c2ccccc2)c1)C(=O)CCc1ccccc1.NC(CCl)=NCCC[C@H](NC(=O)c1ccccc1)C(=O)Cc1ccccc1.NC(CCl)=NCCC[C@H](NC(=O)c1ccccc1-c1ccccc1)C(=O)CCc1ccccc1. The first-order valence-corrected chi connectivity index (χ1v) is 45.3. The Morgan fingerprint density at radius 3 is 0.907 bits per heavy atom. The van der Waals surface area contributed by atoms with Crippen LogP contribution < -0.4 is 44.2 Å². The minimum absolute atomic E-state index is 0.00342. The molecule has 129 heavy (non-hydrogen) atoms. The molecule has 0 spiro atoms. The summed E-state index contributed by atoms with van der Waals surface area (Å²) in [5.74, 6) is 1.13. The highest BCUT2D eigenvalue weighted by atomic mass is 35.5. The Balaban J connectivity index is 0.000000213. The lowest BCUT2D eigenvalue weighted by molar-refractivity contribution is -0.121. The summed E-state index contributed by atoms with van der Waals surface area (Å²) in [5.41, 5.74) is 34.8. The van der Waals surface area contributed by atoms with Gasteiger partial charge in [-0.2, -0.15) is 0 Å². The van der Waals surface area contributed by atoms with Crippen molar-refractivity contribution < 1.29 is 38.4 Å². The summed E-state index contributed by atoms with van der Waals surface area (Å²) in [6.07, 6.45) is 7.63. The van der Waals surface area contributed by atoms with Crippen LogP contribution in [-0.4, -0.2) is 144 Å². The number of halogens is 4. The Kier molecular flexibility index (Phi) is 45.9. The zero-order valence-corrected chi connectivity index (χ0v) is 75.5. The molecule has 0 saturated carbocycles. The van der Waals surface area contributed by atoms with Crippen molar-refractivity contribution in [2.45, 2.75) is 120 Å². The Bertz CT molecular complexity index is 5380. The number of carbonyl (C=O) groups excluding carboxylic acids is 8. The molecule has 0 aliphatic heterocycles. The summed E-state index contributed by atoms with van der Waals surface area (Å²) >= 11 is 22.6. The number of nitrogens with zero attached hydrogens (tertiary/aromatic N) is 4. The molecular weight excluding hydrogens is 1700 g/mol. The number of amidine groups is 4. The number of benzene rings is 11. The second kappa shape index (κ2) is 58.4. The van der Waals surface area contributed by atoms with Gasteiger partial charge in [0.15, 0.2) is 23.1 Å². The standard InChI is InChI=1S/3C28H30ClN3O2.C21H24ClN3O2/c29-20-27(30)31-18-8-15-25(26(33)17-16-21-9-3-1-4-10-21)32-28(34)24-14-7-13-23(19-24)22-11-5-2-6-12-22;29-20-27(30)31-19-9-16-25(26(33)18-17-21-10-3-1-4-11-21)32-28(34)24-15-8-7-14-23(24)22-12-5-2-6-13-22;29-20-27(30)31-19-7-12-25(26(33)18-13-21-8-3-1-4-9-21)32-28(34)24-16-14-23(15-17-24)22-10-5-2-6-11-22;22-15-20(23)24-13-7-12-18(19(26)14-16-8-3-1-4-9-16)25-21(27)17-10-5-2-6-11-17/h1-7,9-14,19,25H,8,15-18,20H2,(H2,30,31)(H,32,34);1-8,10-15,25H,9,16-20H2,(H2,30,31)(H,32,34);1-6,8-11,14-17,25H,7,12-13,18-20H2,(H2,30,31)(H,32,34);1-6,8-11,18H,7,12-15H2,(H2,23,24)(H,25,27)/t3*25-;18-/m0000/s1. The summed E-state index contributed by atoms with van der Waals surface area (Å²) in [6.45, 7) is 1.84. The third-order valence-electron chi connectivity index (χ3n) is 20.7. The van der Waals surface area contributed by atoms with Gasteiger partial charge in [0.25, 0.3) is 23.6 Å². The van der Waals surface area contributed by atoms with Gasteiger partial charge >= 0.3 is 0 Å². The Hall–Kier alpha value is -13.0. The third kappa shape index (κ3) is 37.8. The van der Waals surface area contributed by atoms with E-state index < -0.39 is 24.2 Å². The van der Waals surface area contributed by atoms with Gasteiger partial charge in [0.2, 0.25) is 0 Å². The molecule has 12 N–H and O–H groups in total. The molecule has 0 unspecified atom stereocenters. The average molecular weight is 1810 g/mol. The van der Waals surface area contributed by atoms with Crippen LogP contribution in [0.3, 0.4) is 0 Å². The molecule has 0 aliphatic rings. The fraction of sp³-hybridized carbons (Fsp3) is 0.257. The van der Waals surface area contributed by atoms with Crippen LogP contribution in [0.4, 0.5) is 0 Å². The van der Waals surface area contributed by atoms with Gasteiger partial charge in [0, 0.05) is 74.1 Å². The van der Waals surface area contributed by atoms with Crippen LogP contribution in [0.15, 0.2) is 335 Å². The van der Waals surface area contributed by atoms with E-state index in [1.165, 1.54) is 0 Å². The van der Waals surface area contributed by atoms with Gasteiger partial charge in [-0.25, -0.2) is 0 Å². The molecule has 11 aromatic carbocycles. The maximum absolute atomic E-state index is 13.3. The molecule has 0 bridgehead atoms. The quantitative estimate of drug-likeness (QED) is 0.00764. The van der Waals surface area contributed by atoms with Crippen LogP contribution in [0.5, 0.6) is 0 Å². The van der Waals surface area contributed by atoms with Gasteiger partial charge in [0.1, 0.15) is 23.3 Å². The number of Topliss-reactive ketones (excluding diaryl/α,β-unsaturated/α-hetero) is 4. The maximum Gasteiger partial charge on any atom is 0.252 e. The van der Waals surface area contributed by atoms with Gasteiger partial charge in [-0.3, -0.25) is 58.3 Å². The van der Waals surface area contributed by atoms with Crippen molar-refractivity contribution in [2.24, 2.45) is 42.9 Å². The van der Waals surface area contributed by atoms with E-state index in [-0.39, 0.29) is 76.7 Å². The van der Waals surface area contributed by atoms with E-state index in [9.17, 15) is 38.4 Å². The number of hydrogen-bond acceptors (Lipinski definition) is 12. The molecule has 20 nitrogen and oxygen atoms in total. The van der Waals surface area contributed by atoms with E-state index in [1.807, 2.05) is 267 Å². The monoisotopic (exact) mass is 1810 g/mol. The van der Waals surface area contributed by atoms with Crippen molar-refractivity contribution in [3.63, 3.8) is 0 Å². The highest BCUT2D eigenvalue weighted by Gasteiger charge is 2.27. The second-order valence-electron chi connectivity index (χ2n) is 30.4. The lowest BCUT2D eigenvalue weighted by Crippen LogP contribution is -2.41. The van der Waals surface area contributed by atoms with E-state index >= 15 is 0 Å². The van der Waals surface area contributed by atoms with Crippen molar-refractivity contribution in [3.05, 3.63) is 360 Å². The maximum atomic E-state index is 13.3. The number of aliphatic imine (C=N–C) groups is 4. The zero-order valence-electron chi connectivity index (χ0n) is 72.5. The molecule has 24 heteroatoms. The molecule has 11 rings (SSSR count). The fourth-order valence-corrected chi connectivity index (χ4v) is 14.0. The van der Waals surface area contributed by atoms with Crippen LogP contribution in [0.2, 0.25) is 0 Å². The highest BCUT2D eigenvalue weighted by molar-refractivity contribution is 6.29. The topological polar surface area (TPSA) is 338 Å². The van der Waals surface area contributed by atoms with Gasteiger partial charge < -0.3 is 44.2 Å². The van der Waals surface area contributed by atoms with Gasteiger partial charge in [-0.1, -0.05) is 273 Å². The van der Waals surface area contributed by atoms with Gasteiger partial charge in [-0.15, -0.1) is 46.4 Å². The summed E-state index contributed by atoms with van der Waals surface area (Å²) in [5, 5.41) is 11.7. The molecular formula is C105H114Cl4N12O8. The third-order valence-corrected chi connectivity index (χ3v) is 21.8. The van der Waals surface area contributed by atoms with E-state index in [0.29, 0.717) is 162 Å². The molecule has 4 atom stereocenters. The highest BCUT2D eigenvalue weighted by Crippen LogP contribution is 2.26. The van der Waals surface area contributed by atoms with E-state index in [2.05, 4.69) is 41.2 Å². The number of amides is 4. The number of nitrogens with one attached hydrogen (secondary N) is 4. The average Bonchev–Trinajstić information content (AvgIpc) is 0.826. The Morgan fingerprint density at radius 2 is 0.535 bits per heavy atom. The minimum Gasteiger partial charge on any atom is -0.386 e. The molecule has 0 fully saturated rings. The normalized spacial score (nSPS) is 12.2. The van der Waals surface area contributed by atoms with Crippen molar-refractivity contribution in [2.75, 3.05) is 49.7 Å². The van der Waals surface area contributed by atoms with Crippen LogP contribution in [0.25, 0.3) is 33.4 Å². The molecule has 4 amide bonds. The zero-order chi connectivity index (χ0) is 92.0. The number of hydrogen-bond donors (Lipinski definition) is 8. The smallest absolute Gasteiger partial charge is 0.252 e. The van der Waals surface area contributed by atoms with Crippen molar-refractivity contribution in [3.8, 4) is 33.4 Å². The minimum atomic E-state index is -0.604. The van der Waals surface area contributed by atoms with E-state index in [1.54, 1.807) is 48.5 Å². The predicted octanol–water partition coefficient (Wildman–Crippen LogP) is 18.1. The molecule has 11 aromatic rings. The first kappa shape index (κ1) is 101. The number of rotatable bonds is 46. The summed E-state index contributed by atoms with van der Waals surface area (Å²) < 4.78 is 0. The van der Waals surface area contributed by atoms with Crippen molar-refractivity contribution >= 4 is 117 Å². The van der Waals surface area contributed by atoms with E-state index in [4.69, 9.17) is 69.3 Å². The van der Waals surface area contributed by atoms with Gasteiger partial charge in [-0.05, 0) is 169 Å². The Labute approximate surface area is 777 Å². The number of nitrogens with two attached hydrogens (primary N) is 4. The van der Waals surface area contributed by atoms with Crippen LogP contribution in [-0.2, 0) is 44.9 Å². The number of alkyl halides is 4. The second-order valence-corrected chi connectivity index (χ2v) is 31.4. The van der Waals surface area contributed by atoms with E-state index in [0.717, 1.165) is 55.6 Å². The summed E-state index contributed by atoms with van der Waals surface area (Å²) in [6, 6.07) is 97.5. The van der Waals surface area contributed by atoms with Gasteiger partial charge in [0.05, 0.1) is 47.7 Å². The molecule has 670 valence electrons. The Morgan fingerprint density at radius 1 is 0.264 bits per heavy atom. The summed E-state index contributed by atoms with van der Waals surface area (Å²) in [4.78, 5) is 120. The predicted molar refractivity (Wildman–Crippen MR) is 527 cm³/mol. The number of carbonyl (C=O) groups is 8. The largest absolute Gasteiger partial charge is 0.386 e. The van der Waals surface area contributed by atoms with Crippen molar-refractivity contribution in [1.29, 1.82) is 0 Å². The van der Waals surface area contributed by atoms with Crippen LogP contribution in [0, 0.1) is 0 Å². The first-order valence-electron chi connectivity index (χ1n) is 43.2. The lowest BCUT2D eigenvalue weighted by Gasteiger charge is -2.19.